The molecular formula is C63H43N5. The fraction of sp³-hybridized carbons (Fsp3) is 0.0635. The van der Waals surface area contributed by atoms with Crippen molar-refractivity contribution in [2.24, 2.45) is 0 Å². The maximum absolute atomic E-state index is 5.27. The quantitative estimate of drug-likeness (QED) is 0.167. The number of allylic oxidation sites excluding steroid dienone is 4. The van der Waals surface area contributed by atoms with E-state index in [9.17, 15) is 0 Å². The number of fused-ring (bicyclic) bond motifs is 10. The monoisotopic (exact) mass is 869 g/mol. The highest BCUT2D eigenvalue weighted by atomic mass is 15.2. The summed E-state index contributed by atoms with van der Waals surface area (Å²) in [6.45, 7) is 0. The summed E-state index contributed by atoms with van der Waals surface area (Å²) in [6.07, 6.45) is 10.4. The maximum atomic E-state index is 5.27. The van der Waals surface area contributed by atoms with Crippen molar-refractivity contribution in [3.8, 4) is 34.2 Å². The number of nitrogens with zero attached hydrogens (tertiary/aromatic N) is 5. The highest BCUT2D eigenvalue weighted by molar-refractivity contribution is 6.06. The number of anilines is 4. The van der Waals surface area contributed by atoms with Crippen LogP contribution >= 0.6 is 0 Å². The van der Waals surface area contributed by atoms with Crippen LogP contribution in [0.1, 0.15) is 46.1 Å². The molecule has 0 saturated carbocycles. The van der Waals surface area contributed by atoms with Crippen LogP contribution in [0.15, 0.2) is 236 Å². The fourth-order valence-electron chi connectivity index (χ4n) is 11.5. The van der Waals surface area contributed by atoms with Gasteiger partial charge in [-0.15, -0.1) is 0 Å². The zero-order valence-electron chi connectivity index (χ0n) is 37.1. The van der Waals surface area contributed by atoms with E-state index in [1.807, 2.05) is 18.2 Å². The van der Waals surface area contributed by atoms with Gasteiger partial charge in [0.1, 0.15) is 0 Å². The molecular weight excluding hydrogens is 827 g/mol. The Morgan fingerprint density at radius 2 is 1.12 bits per heavy atom. The van der Waals surface area contributed by atoms with Gasteiger partial charge >= 0.3 is 0 Å². The van der Waals surface area contributed by atoms with E-state index in [0.29, 0.717) is 17.5 Å². The highest BCUT2D eigenvalue weighted by Crippen LogP contribution is 2.60. The van der Waals surface area contributed by atoms with Gasteiger partial charge in [-0.1, -0.05) is 188 Å². The first-order chi connectivity index (χ1) is 33.7. The lowest BCUT2D eigenvalue weighted by Gasteiger charge is -2.34. The van der Waals surface area contributed by atoms with E-state index in [2.05, 4.69) is 222 Å². The Kier molecular flexibility index (Phi) is 8.78. The summed E-state index contributed by atoms with van der Waals surface area (Å²) in [4.78, 5) is 20.7. The molecule has 14 rings (SSSR count). The molecule has 3 unspecified atom stereocenters. The first-order valence-corrected chi connectivity index (χ1v) is 23.6. The van der Waals surface area contributed by atoms with E-state index in [4.69, 9.17) is 15.0 Å². The maximum Gasteiger partial charge on any atom is 0.164 e. The van der Waals surface area contributed by atoms with E-state index in [1.165, 1.54) is 61.5 Å². The molecule has 2 aliphatic heterocycles. The molecule has 0 N–H and O–H groups in total. The third-order valence-electron chi connectivity index (χ3n) is 14.5. The fourth-order valence-corrected chi connectivity index (χ4v) is 11.5. The van der Waals surface area contributed by atoms with Crippen LogP contribution in [-0.2, 0) is 0 Å². The zero-order valence-corrected chi connectivity index (χ0v) is 37.1. The Labute approximate surface area is 395 Å². The van der Waals surface area contributed by atoms with Crippen LogP contribution in [0.25, 0.3) is 61.3 Å². The molecule has 3 heterocycles. The molecule has 1 aromatic heterocycles. The molecule has 9 aromatic carbocycles. The number of aromatic nitrogens is 3. The van der Waals surface area contributed by atoms with E-state index < -0.39 is 0 Å². The summed E-state index contributed by atoms with van der Waals surface area (Å²) in [7, 11) is 0. The van der Waals surface area contributed by atoms with E-state index in [-0.39, 0.29) is 17.9 Å². The minimum Gasteiger partial charge on any atom is -0.333 e. The first-order valence-electron chi connectivity index (χ1n) is 23.6. The van der Waals surface area contributed by atoms with E-state index in [1.54, 1.807) is 0 Å². The molecule has 0 radical (unpaired) electrons. The number of para-hydroxylation sites is 1. The molecule has 5 heteroatoms. The van der Waals surface area contributed by atoms with Gasteiger partial charge in [-0.3, -0.25) is 0 Å². The lowest BCUT2D eigenvalue weighted by atomic mass is 9.76. The molecule has 320 valence electrons. The second-order valence-corrected chi connectivity index (χ2v) is 18.2. The van der Waals surface area contributed by atoms with Crippen LogP contribution in [0.3, 0.4) is 0 Å². The van der Waals surface area contributed by atoms with Crippen molar-refractivity contribution in [1.29, 1.82) is 0 Å². The summed E-state index contributed by atoms with van der Waals surface area (Å²) in [6, 6.07) is 74.5. The summed E-state index contributed by atoms with van der Waals surface area (Å²) >= 11 is 0. The van der Waals surface area contributed by atoms with Crippen molar-refractivity contribution in [3.05, 3.63) is 264 Å². The largest absolute Gasteiger partial charge is 0.333 e. The van der Waals surface area contributed by atoms with Crippen LogP contribution in [0, 0.1) is 0 Å². The molecule has 4 aliphatic rings. The minimum absolute atomic E-state index is 0.0931. The molecule has 2 aliphatic carbocycles. The number of benzene rings is 9. The lowest BCUT2D eigenvalue weighted by molar-refractivity contribution is 0.720. The predicted octanol–water partition coefficient (Wildman–Crippen LogP) is 15.4. The van der Waals surface area contributed by atoms with Crippen molar-refractivity contribution < 1.29 is 0 Å². The van der Waals surface area contributed by atoms with Gasteiger partial charge in [-0.2, -0.15) is 0 Å². The molecule has 0 fully saturated rings. The summed E-state index contributed by atoms with van der Waals surface area (Å²) in [5.41, 5.74) is 17.0. The van der Waals surface area contributed by atoms with Gasteiger partial charge in [0.05, 0.1) is 17.4 Å². The smallest absolute Gasteiger partial charge is 0.164 e. The molecule has 3 atom stereocenters. The summed E-state index contributed by atoms with van der Waals surface area (Å²) in [5, 5.41) is 4.55. The Balaban J connectivity index is 0.951. The topological polar surface area (TPSA) is 45.2 Å². The van der Waals surface area contributed by atoms with Crippen LogP contribution < -0.4 is 9.80 Å². The van der Waals surface area contributed by atoms with Gasteiger partial charge in [0.2, 0.25) is 0 Å². The second kappa shape index (κ2) is 15.5. The van der Waals surface area contributed by atoms with Crippen LogP contribution in [-0.4, -0.2) is 21.0 Å². The third kappa shape index (κ3) is 6.05. The Bertz CT molecular complexity index is 3740. The standard InChI is InChI=1S/C63H43N5/c1-4-19-41(20-5-1)52-38-59-60(50-30-15-13-27-47(50)52)54-37-53-49-29-16-17-31-55(49)68(57(53)39-58(54)67(59)45-24-8-3-9-25-45)56-35-34-51(46-26-12-14-28-48(46)56)63-65-61(42-21-6-2-7-22-42)64-62(66-63)44-33-32-40-18-10-11-23-43(40)36-44/h1-28,30-39,49,59-60H,29H2. The number of rotatable bonds is 6. The third-order valence-corrected chi connectivity index (χ3v) is 14.5. The molecule has 0 spiro atoms. The van der Waals surface area contributed by atoms with Gasteiger partial charge < -0.3 is 9.80 Å². The summed E-state index contributed by atoms with van der Waals surface area (Å²) < 4.78 is 0. The first kappa shape index (κ1) is 38.6. The SMILES string of the molecule is C1=CCC2C(=C1)N(c1ccc(-c3nc(-c4ccccc4)nc(-c4ccc5ccccc5c4)n3)c3ccccc13)c1cc3c(cc12)C1c2ccccc2C(c2ccccc2)=CC1N3c1ccccc1. The van der Waals surface area contributed by atoms with E-state index in [0.717, 1.165) is 45.0 Å². The van der Waals surface area contributed by atoms with E-state index >= 15 is 0 Å². The molecule has 0 bridgehead atoms. The van der Waals surface area contributed by atoms with Gasteiger partial charge in [-0.25, -0.2) is 15.0 Å². The molecule has 5 nitrogen and oxygen atoms in total. The zero-order chi connectivity index (χ0) is 44.7. The molecule has 68 heavy (non-hydrogen) atoms. The number of hydrogen-bond acceptors (Lipinski definition) is 5. The van der Waals surface area contributed by atoms with Crippen molar-refractivity contribution >= 4 is 49.9 Å². The number of hydrogen-bond donors (Lipinski definition) is 0. The Morgan fingerprint density at radius 3 is 1.94 bits per heavy atom. The van der Waals surface area contributed by atoms with Gasteiger partial charge in [0, 0.05) is 51.0 Å². The molecule has 10 aromatic rings. The minimum atomic E-state index is 0.0931. The highest BCUT2D eigenvalue weighted by Gasteiger charge is 2.46. The average molecular weight is 870 g/mol. The summed E-state index contributed by atoms with van der Waals surface area (Å²) in [5.74, 6) is 2.33. The molecule has 0 saturated heterocycles. The van der Waals surface area contributed by atoms with Crippen molar-refractivity contribution in [1.82, 2.24) is 15.0 Å². The normalized spacial score (nSPS) is 17.6. The second-order valence-electron chi connectivity index (χ2n) is 18.2. The Hall–Kier alpha value is -8.67. The van der Waals surface area contributed by atoms with Crippen LogP contribution in [0.2, 0.25) is 0 Å². The average Bonchev–Trinajstić information content (AvgIpc) is 3.91. The van der Waals surface area contributed by atoms with Gasteiger partial charge in [-0.05, 0) is 98.4 Å². The Morgan fingerprint density at radius 1 is 0.441 bits per heavy atom. The predicted molar refractivity (Wildman–Crippen MR) is 278 cm³/mol. The lowest BCUT2D eigenvalue weighted by Crippen LogP contribution is -2.31. The molecule has 0 amide bonds. The van der Waals surface area contributed by atoms with Crippen molar-refractivity contribution in [2.45, 2.75) is 24.3 Å². The van der Waals surface area contributed by atoms with Crippen molar-refractivity contribution in [3.63, 3.8) is 0 Å². The van der Waals surface area contributed by atoms with Crippen molar-refractivity contribution in [2.75, 3.05) is 9.80 Å². The van der Waals surface area contributed by atoms with Crippen LogP contribution in [0.5, 0.6) is 0 Å². The van der Waals surface area contributed by atoms with Crippen LogP contribution in [0.4, 0.5) is 22.7 Å². The van der Waals surface area contributed by atoms with Gasteiger partial charge in [0.25, 0.3) is 0 Å². The van der Waals surface area contributed by atoms with Gasteiger partial charge in [0.15, 0.2) is 17.5 Å².